The fourth-order valence-corrected chi connectivity index (χ4v) is 4.70. The van der Waals surface area contributed by atoms with Crippen LogP contribution in [0.15, 0.2) is 9.32 Å². The Balaban J connectivity index is 1.82. The molecular weight excluding hydrogens is 340 g/mol. The van der Waals surface area contributed by atoms with Gasteiger partial charge in [0, 0.05) is 4.88 Å². The average molecular weight is 358 g/mol. The number of carbonyl (C=O) groups is 1. The molecule has 0 aromatic carbocycles. The molecule has 3 heterocycles. The fourth-order valence-electron chi connectivity index (χ4n) is 3.40. The molecule has 4 rings (SSSR count). The minimum atomic E-state index is -0.424. The average Bonchev–Trinajstić information content (AvgIpc) is 3.10. The van der Waals surface area contributed by atoms with Crippen molar-refractivity contribution in [1.82, 2.24) is 14.8 Å². The molecule has 130 valence electrons. The lowest BCUT2D eigenvalue weighted by Gasteiger charge is -2.12. The molecule has 0 fully saturated rings. The summed E-state index contributed by atoms with van der Waals surface area (Å²) in [4.78, 5) is 32.2. The van der Waals surface area contributed by atoms with Crippen molar-refractivity contribution in [3.63, 3.8) is 0 Å². The third kappa shape index (κ3) is 2.48. The van der Waals surface area contributed by atoms with Crippen LogP contribution in [0.2, 0.25) is 0 Å². The predicted molar refractivity (Wildman–Crippen MR) is 94.9 cm³/mol. The first-order valence-electron chi connectivity index (χ1n) is 8.25. The molecule has 0 saturated carbocycles. The monoisotopic (exact) mass is 358 g/mol. The maximum atomic E-state index is 13.0. The van der Waals surface area contributed by atoms with Gasteiger partial charge >= 0.3 is 0 Å². The van der Waals surface area contributed by atoms with Gasteiger partial charge in [0.1, 0.15) is 22.0 Å². The number of hydrogen-bond donors (Lipinski definition) is 1. The van der Waals surface area contributed by atoms with Crippen LogP contribution >= 0.6 is 11.3 Å². The van der Waals surface area contributed by atoms with Crippen LogP contribution in [0.5, 0.6) is 0 Å². The summed E-state index contributed by atoms with van der Waals surface area (Å²) in [5.41, 5.74) is 4.37. The number of aromatic nitrogens is 3. The Hall–Kier alpha value is -2.48. The molecule has 0 unspecified atom stereocenters. The van der Waals surface area contributed by atoms with Crippen LogP contribution in [0.3, 0.4) is 0 Å². The summed E-state index contributed by atoms with van der Waals surface area (Å²) in [5, 5.41) is 4.43. The van der Waals surface area contributed by atoms with Gasteiger partial charge in [-0.05, 0) is 52.0 Å². The third-order valence-electron chi connectivity index (χ3n) is 4.63. The van der Waals surface area contributed by atoms with E-state index in [1.807, 2.05) is 0 Å². The zero-order valence-corrected chi connectivity index (χ0v) is 15.1. The summed E-state index contributed by atoms with van der Waals surface area (Å²) in [6.07, 6.45) is 4.13. The summed E-state index contributed by atoms with van der Waals surface area (Å²) in [7, 11) is 0. The van der Waals surface area contributed by atoms with Crippen molar-refractivity contribution in [2.45, 2.75) is 46.5 Å². The second-order valence-electron chi connectivity index (χ2n) is 6.33. The molecule has 1 N–H and O–H groups in total. The molecule has 3 aromatic heterocycles. The molecule has 1 aliphatic carbocycles. The number of fused-ring (bicyclic) bond motifs is 3. The number of amides is 1. The first-order valence-corrected chi connectivity index (χ1v) is 9.07. The van der Waals surface area contributed by atoms with Gasteiger partial charge in [-0.15, -0.1) is 11.3 Å². The van der Waals surface area contributed by atoms with E-state index in [-0.39, 0.29) is 5.56 Å². The minimum Gasteiger partial charge on any atom is -0.361 e. The van der Waals surface area contributed by atoms with Gasteiger partial charge in [0.15, 0.2) is 0 Å². The zero-order chi connectivity index (χ0) is 17.7. The van der Waals surface area contributed by atoms with Crippen molar-refractivity contribution in [3.05, 3.63) is 43.6 Å². The molecular formula is C17H18N4O3S. The third-order valence-corrected chi connectivity index (χ3v) is 5.82. The van der Waals surface area contributed by atoms with Crippen LogP contribution in [-0.2, 0) is 12.8 Å². The van der Waals surface area contributed by atoms with Crippen LogP contribution in [0.1, 0.15) is 50.9 Å². The van der Waals surface area contributed by atoms with Gasteiger partial charge in [0.2, 0.25) is 0 Å². The Kier molecular flexibility index (Phi) is 3.72. The second kappa shape index (κ2) is 5.80. The summed E-state index contributed by atoms with van der Waals surface area (Å²) in [6, 6.07) is 0. The van der Waals surface area contributed by atoms with Crippen LogP contribution in [0, 0.1) is 20.8 Å². The smallest absolute Gasteiger partial charge is 0.281 e. The van der Waals surface area contributed by atoms with Crippen molar-refractivity contribution in [1.29, 1.82) is 0 Å². The van der Waals surface area contributed by atoms with Crippen LogP contribution in [0.25, 0.3) is 10.2 Å². The molecule has 0 bridgehead atoms. The quantitative estimate of drug-likeness (QED) is 0.760. The molecule has 8 heteroatoms. The van der Waals surface area contributed by atoms with Gasteiger partial charge in [0.05, 0.1) is 11.1 Å². The number of rotatable bonds is 2. The van der Waals surface area contributed by atoms with Gasteiger partial charge in [-0.3, -0.25) is 15.0 Å². The molecule has 7 nitrogen and oxygen atoms in total. The first kappa shape index (κ1) is 16.0. The van der Waals surface area contributed by atoms with E-state index in [2.05, 4.69) is 15.6 Å². The van der Waals surface area contributed by atoms with E-state index in [4.69, 9.17) is 4.52 Å². The molecule has 1 aliphatic rings. The highest BCUT2D eigenvalue weighted by Gasteiger charge is 2.23. The molecule has 0 radical (unpaired) electrons. The van der Waals surface area contributed by atoms with E-state index in [1.165, 1.54) is 9.55 Å². The Morgan fingerprint density at radius 3 is 2.72 bits per heavy atom. The highest BCUT2D eigenvalue weighted by atomic mass is 32.1. The van der Waals surface area contributed by atoms with Gasteiger partial charge in [-0.2, -0.15) is 0 Å². The number of aryl methyl sites for hydroxylation is 5. The maximum absolute atomic E-state index is 13.0. The highest BCUT2D eigenvalue weighted by Crippen LogP contribution is 2.33. The molecule has 0 saturated heterocycles. The van der Waals surface area contributed by atoms with Crippen molar-refractivity contribution >= 4 is 27.5 Å². The number of nitrogens with zero attached hydrogens (tertiary/aromatic N) is 3. The Bertz CT molecular complexity index is 1040. The van der Waals surface area contributed by atoms with Crippen molar-refractivity contribution in [3.8, 4) is 0 Å². The number of hydrogen-bond acceptors (Lipinski definition) is 6. The van der Waals surface area contributed by atoms with Crippen LogP contribution < -0.4 is 11.0 Å². The lowest BCUT2D eigenvalue weighted by molar-refractivity contribution is 0.100. The Labute approximate surface area is 147 Å². The summed E-state index contributed by atoms with van der Waals surface area (Å²) in [6.45, 7) is 5.08. The zero-order valence-electron chi connectivity index (χ0n) is 14.3. The summed E-state index contributed by atoms with van der Waals surface area (Å²) in [5.74, 6) is 0.450. The fraction of sp³-hybridized carbons (Fsp3) is 0.412. The standard InChI is InChI=1S/C17H18N4O3S/c1-8-13(9(2)24-20-8)15(22)19-21-10(3)18-16-14(17(21)23)11-6-4-5-7-12(11)25-16/h4-7H2,1-3H3,(H,19,22). The highest BCUT2D eigenvalue weighted by molar-refractivity contribution is 7.18. The molecule has 0 atom stereocenters. The number of thiophene rings is 1. The van der Waals surface area contributed by atoms with E-state index in [0.29, 0.717) is 28.2 Å². The topological polar surface area (TPSA) is 90.0 Å². The van der Waals surface area contributed by atoms with E-state index in [9.17, 15) is 9.59 Å². The lowest BCUT2D eigenvalue weighted by Crippen LogP contribution is -2.36. The molecule has 3 aromatic rings. The summed E-state index contributed by atoms with van der Waals surface area (Å²) >= 11 is 1.60. The first-order chi connectivity index (χ1) is 12.0. The molecule has 25 heavy (non-hydrogen) atoms. The normalized spacial score (nSPS) is 13.9. The maximum Gasteiger partial charge on any atom is 0.281 e. The summed E-state index contributed by atoms with van der Waals surface area (Å²) < 4.78 is 6.27. The number of carbonyl (C=O) groups excluding carboxylic acids is 1. The van der Waals surface area contributed by atoms with Gasteiger partial charge in [0.25, 0.3) is 11.5 Å². The van der Waals surface area contributed by atoms with E-state index >= 15 is 0 Å². The molecule has 0 spiro atoms. The SMILES string of the molecule is Cc1noc(C)c1C(=O)Nn1c(C)nc2sc3c(c2c1=O)CCCC3. The van der Waals surface area contributed by atoms with Gasteiger partial charge in [-0.1, -0.05) is 5.16 Å². The van der Waals surface area contributed by atoms with Crippen LogP contribution in [0.4, 0.5) is 0 Å². The van der Waals surface area contributed by atoms with E-state index in [1.54, 1.807) is 32.1 Å². The molecule has 1 amide bonds. The van der Waals surface area contributed by atoms with Crippen molar-refractivity contribution in [2.24, 2.45) is 0 Å². The van der Waals surface area contributed by atoms with E-state index in [0.717, 1.165) is 36.1 Å². The molecule has 0 aliphatic heterocycles. The van der Waals surface area contributed by atoms with Crippen molar-refractivity contribution in [2.75, 3.05) is 5.43 Å². The number of nitrogens with one attached hydrogen (secondary N) is 1. The largest absolute Gasteiger partial charge is 0.361 e. The van der Waals surface area contributed by atoms with Gasteiger partial charge in [-0.25, -0.2) is 9.66 Å². The van der Waals surface area contributed by atoms with Crippen LogP contribution in [-0.4, -0.2) is 20.7 Å². The minimum absolute atomic E-state index is 0.220. The Morgan fingerprint density at radius 2 is 2.00 bits per heavy atom. The lowest BCUT2D eigenvalue weighted by atomic mass is 9.97. The van der Waals surface area contributed by atoms with Crippen molar-refractivity contribution < 1.29 is 9.32 Å². The van der Waals surface area contributed by atoms with E-state index < -0.39 is 5.91 Å². The Morgan fingerprint density at radius 1 is 1.24 bits per heavy atom. The van der Waals surface area contributed by atoms with Gasteiger partial charge < -0.3 is 4.52 Å². The second-order valence-corrected chi connectivity index (χ2v) is 7.41. The predicted octanol–water partition coefficient (Wildman–Crippen LogP) is 2.63.